The molecule has 0 radical (unpaired) electrons. The predicted molar refractivity (Wildman–Crippen MR) is 47.5 cm³/mol. The number of benzene rings is 1. The van der Waals surface area contributed by atoms with E-state index in [2.05, 4.69) is 5.16 Å². The molecule has 0 saturated heterocycles. The zero-order valence-electron chi connectivity index (χ0n) is 6.45. The van der Waals surface area contributed by atoms with Crippen LogP contribution in [0.1, 0.15) is 10.6 Å². The lowest BCUT2D eigenvalue weighted by Gasteiger charge is -1.89. The molecule has 0 spiro atoms. The molecule has 4 nitrogen and oxygen atoms in total. The monoisotopic (exact) mass is 196 g/mol. The van der Waals surface area contributed by atoms with E-state index in [-0.39, 0.29) is 5.76 Å². The zero-order chi connectivity index (χ0) is 9.42. The first-order chi connectivity index (χ1) is 6.18. The molecule has 0 aliphatic rings. The molecule has 1 aromatic carbocycles. The average Bonchev–Trinajstić information content (AvgIpc) is 2.46. The second kappa shape index (κ2) is 2.74. The molecule has 1 aromatic heterocycles. The maximum absolute atomic E-state index is 10.8. The van der Waals surface area contributed by atoms with Crippen molar-refractivity contribution < 1.29 is 9.32 Å². The van der Waals surface area contributed by atoms with Crippen molar-refractivity contribution in [3.8, 4) is 0 Å². The second-order valence-electron chi connectivity index (χ2n) is 2.54. The van der Waals surface area contributed by atoms with Gasteiger partial charge in [-0.05, 0) is 18.2 Å². The van der Waals surface area contributed by atoms with Gasteiger partial charge in [0, 0.05) is 5.02 Å². The van der Waals surface area contributed by atoms with E-state index in [0.29, 0.717) is 15.9 Å². The summed E-state index contributed by atoms with van der Waals surface area (Å²) in [6, 6.07) is 4.91. The molecule has 5 heteroatoms. The molecule has 1 heterocycles. The highest BCUT2D eigenvalue weighted by atomic mass is 35.5. The van der Waals surface area contributed by atoms with Crippen LogP contribution in [0.15, 0.2) is 22.7 Å². The highest BCUT2D eigenvalue weighted by molar-refractivity contribution is 6.31. The SMILES string of the molecule is NC(=O)c1onc2ccc(Cl)cc12. The highest BCUT2D eigenvalue weighted by Gasteiger charge is 2.13. The fraction of sp³-hybridized carbons (Fsp3) is 0. The van der Waals surface area contributed by atoms with Crippen LogP contribution in [0.2, 0.25) is 5.02 Å². The Bertz CT molecular complexity index is 478. The van der Waals surface area contributed by atoms with Crippen LogP contribution in [-0.4, -0.2) is 11.1 Å². The maximum atomic E-state index is 10.8. The first kappa shape index (κ1) is 8.07. The van der Waals surface area contributed by atoms with Gasteiger partial charge in [0.25, 0.3) is 5.91 Å². The molecular formula is C8H5ClN2O2. The third-order valence-electron chi connectivity index (χ3n) is 1.66. The molecule has 0 atom stereocenters. The summed E-state index contributed by atoms with van der Waals surface area (Å²) < 4.78 is 4.75. The zero-order valence-corrected chi connectivity index (χ0v) is 7.21. The van der Waals surface area contributed by atoms with E-state index < -0.39 is 5.91 Å². The standard InChI is InChI=1S/C8H5ClN2O2/c9-4-1-2-6-5(3-4)7(8(10)12)13-11-6/h1-3H,(H2,10,12). The van der Waals surface area contributed by atoms with E-state index in [1.54, 1.807) is 18.2 Å². The Hall–Kier alpha value is -1.55. The van der Waals surface area contributed by atoms with Gasteiger partial charge in [-0.2, -0.15) is 0 Å². The minimum absolute atomic E-state index is 0.0394. The largest absolute Gasteiger partial charge is 0.363 e. The molecule has 0 saturated carbocycles. The molecule has 0 aliphatic carbocycles. The molecule has 2 aromatic rings. The lowest BCUT2D eigenvalue weighted by Crippen LogP contribution is -2.09. The van der Waals surface area contributed by atoms with Crippen molar-refractivity contribution in [1.29, 1.82) is 0 Å². The summed E-state index contributed by atoms with van der Waals surface area (Å²) in [5.41, 5.74) is 5.63. The van der Waals surface area contributed by atoms with Gasteiger partial charge in [0.2, 0.25) is 5.76 Å². The number of hydrogen-bond donors (Lipinski definition) is 1. The Morgan fingerprint density at radius 2 is 2.31 bits per heavy atom. The fourth-order valence-corrected chi connectivity index (χ4v) is 1.26. The van der Waals surface area contributed by atoms with E-state index >= 15 is 0 Å². The second-order valence-corrected chi connectivity index (χ2v) is 2.97. The van der Waals surface area contributed by atoms with Crippen molar-refractivity contribution in [3.63, 3.8) is 0 Å². The number of nitrogens with two attached hydrogens (primary N) is 1. The number of amides is 1. The summed E-state index contributed by atoms with van der Waals surface area (Å²) in [7, 11) is 0. The molecule has 0 unspecified atom stereocenters. The minimum atomic E-state index is -0.648. The van der Waals surface area contributed by atoms with Crippen molar-refractivity contribution in [3.05, 3.63) is 29.0 Å². The van der Waals surface area contributed by atoms with E-state index in [1.807, 2.05) is 0 Å². The van der Waals surface area contributed by atoms with Gasteiger partial charge < -0.3 is 10.3 Å². The lowest BCUT2D eigenvalue weighted by molar-refractivity contribution is 0.0967. The van der Waals surface area contributed by atoms with Crippen LogP contribution < -0.4 is 5.73 Å². The summed E-state index contributed by atoms with van der Waals surface area (Å²) >= 11 is 5.73. The van der Waals surface area contributed by atoms with E-state index in [4.69, 9.17) is 21.9 Å². The number of carbonyl (C=O) groups is 1. The Balaban J connectivity index is 2.79. The average molecular weight is 197 g/mol. The van der Waals surface area contributed by atoms with Crippen LogP contribution in [0.3, 0.4) is 0 Å². The van der Waals surface area contributed by atoms with Gasteiger partial charge in [0.15, 0.2) is 0 Å². The van der Waals surface area contributed by atoms with Gasteiger partial charge in [-0.15, -0.1) is 0 Å². The maximum Gasteiger partial charge on any atom is 0.287 e. The number of hydrogen-bond acceptors (Lipinski definition) is 3. The lowest BCUT2D eigenvalue weighted by atomic mass is 10.2. The summed E-state index contributed by atoms with van der Waals surface area (Å²) in [5.74, 6) is -0.609. The number of fused-ring (bicyclic) bond motifs is 1. The van der Waals surface area contributed by atoms with Crippen molar-refractivity contribution in [2.45, 2.75) is 0 Å². The van der Waals surface area contributed by atoms with Gasteiger partial charge in [0.1, 0.15) is 5.52 Å². The molecule has 0 bridgehead atoms. The van der Waals surface area contributed by atoms with Crippen LogP contribution in [-0.2, 0) is 0 Å². The van der Waals surface area contributed by atoms with Crippen LogP contribution in [0.5, 0.6) is 0 Å². The van der Waals surface area contributed by atoms with Crippen LogP contribution in [0.25, 0.3) is 10.9 Å². The van der Waals surface area contributed by atoms with Gasteiger partial charge in [-0.25, -0.2) is 0 Å². The van der Waals surface area contributed by atoms with Crippen molar-refractivity contribution in [2.75, 3.05) is 0 Å². The smallest absolute Gasteiger partial charge is 0.287 e. The fourth-order valence-electron chi connectivity index (χ4n) is 1.09. The van der Waals surface area contributed by atoms with Gasteiger partial charge in [-0.1, -0.05) is 16.8 Å². The first-order valence-corrected chi connectivity index (χ1v) is 3.91. The Morgan fingerprint density at radius 1 is 1.54 bits per heavy atom. The van der Waals surface area contributed by atoms with Crippen molar-refractivity contribution >= 4 is 28.4 Å². The molecule has 13 heavy (non-hydrogen) atoms. The highest BCUT2D eigenvalue weighted by Crippen LogP contribution is 2.21. The number of rotatable bonds is 1. The number of halogens is 1. The summed E-state index contributed by atoms with van der Waals surface area (Å²) in [5, 5.41) is 4.70. The summed E-state index contributed by atoms with van der Waals surface area (Å²) in [4.78, 5) is 10.8. The normalized spacial score (nSPS) is 10.5. The third-order valence-corrected chi connectivity index (χ3v) is 1.90. The quantitative estimate of drug-likeness (QED) is 0.753. The number of aromatic nitrogens is 1. The van der Waals surface area contributed by atoms with Crippen LogP contribution >= 0.6 is 11.6 Å². The Kier molecular flexibility index (Phi) is 1.70. The number of carbonyl (C=O) groups excluding carboxylic acids is 1. The summed E-state index contributed by atoms with van der Waals surface area (Å²) in [6.07, 6.45) is 0. The van der Waals surface area contributed by atoms with Gasteiger partial charge >= 0.3 is 0 Å². The first-order valence-electron chi connectivity index (χ1n) is 3.53. The Labute approximate surface area is 78.2 Å². The third kappa shape index (κ3) is 1.25. The van der Waals surface area contributed by atoms with Crippen LogP contribution in [0, 0.1) is 0 Å². The molecule has 0 aliphatic heterocycles. The molecule has 0 fully saturated rings. The topological polar surface area (TPSA) is 69.1 Å². The van der Waals surface area contributed by atoms with E-state index in [9.17, 15) is 4.79 Å². The Morgan fingerprint density at radius 3 is 3.00 bits per heavy atom. The molecular weight excluding hydrogens is 192 g/mol. The summed E-state index contributed by atoms with van der Waals surface area (Å²) in [6.45, 7) is 0. The number of primary amides is 1. The molecule has 1 amide bonds. The van der Waals surface area contributed by atoms with E-state index in [1.165, 1.54) is 0 Å². The molecule has 2 rings (SSSR count). The van der Waals surface area contributed by atoms with E-state index in [0.717, 1.165) is 0 Å². The van der Waals surface area contributed by atoms with Gasteiger partial charge in [0.05, 0.1) is 5.39 Å². The molecule has 66 valence electrons. The predicted octanol–water partition coefficient (Wildman–Crippen LogP) is 1.58. The van der Waals surface area contributed by atoms with Crippen molar-refractivity contribution in [2.24, 2.45) is 5.73 Å². The minimum Gasteiger partial charge on any atom is -0.363 e. The van der Waals surface area contributed by atoms with Crippen LogP contribution in [0.4, 0.5) is 0 Å². The number of nitrogens with zero attached hydrogens (tertiary/aromatic N) is 1. The van der Waals surface area contributed by atoms with Crippen molar-refractivity contribution in [1.82, 2.24) is 5.16 Å². The van der Waals surface area contributed by atoms with Gasteiger partial charge in [-0.3, -0.25) is 4.79 Å². The molecule has 2 N–H and O–H groups in total.